The Morgan fingerprint density at radius 1 is 0.676 bits per heavy atom. The lowest BCUT2D eigenvalue weighted by Gasteiger charge is -2.11. The molecule has 1 aliphatic rings. The van der Waals surface area contributed by atoms with E-state index in [0.717, 1.165) is 42.6 Å². The maximum absolute atomic E-state index is 12.3. The van der Waals surface area contributed by atoms with Crippen LogP contribution in [0.4, 0.5) is 11.4 Å². The molecule has 1 aliphatic carbocycles. The maximum Gasteiger partial charge on any atom is 0.227 e. The van der Waals surface area contributed by atoms with Gasteiger partial charge in [-0.15, -0.1) is 0 Å². The minimum Gasteiger partial charge on any atom is -0.326 e. The molecule has 1 fully saturated rings. The summed E-state index contributed by atoms with van der Waals surface area (Å²) in [5, 5.41) is 6.00. The van der Waals surface area contributed by atoms with E-state index in [0.29, 0.717) is 6.42 Å². The number of hydrogen-bond acceptors (Lipinski definition) is 2. The summed E-state index contributed by atoms with van der Waals surface area (Å²) in [7, 11) is 0. The van der Waals surface area contributed by atoms with Gasteiger partial charge in [-0.3, -0.25) is 9.59 Å². The number of nitrogens with one attached hydrogen (secondary N) is 2. The van der Waals surface area contributed by atoms with Crippen molar-refractivity contribution in [3.63, 3.8) is 0 Å². The van der Waals surface area contributed by atoms with E-state index >= 15 is 0 Å². The van der Waals surface area contributed by atoms with Crippen LogP contribution in [-0.2, 0) is 9.59 Å². The molecule has 0 bridgehead atoms. The van der Waals surface area contributed by atoms with Crippen molar-refractivity contribution in [1.29, 1.82) is 0 Å². The van der Waals surface area contributed by atoms with Gasteiger partial charge >= 0.3 is 0 Å². The second-order valence-corrected chi connectivity index (χ2v) is 11.5. The van der Waals surface area contributed by atoms with Crippen LogP contribution in [0.25, 0.3) is 0 Å². The van der Waals surface area contributed by atoms with Crippen molar-refractivity contribution >= 4 is 23.2 Å². The fourth-order valence-corrected chi connectivity index (χ4v) is 5.00. The molecule has 2 amide bonds. The molecular weight excluding hydrogens is 456 g/mol. The third kappa shape index (κ3) is 15.9. The molecule has 0 unspecified atom stereocenters. The molecule has 4 heteroatoms. The van der Waals surface area contributed by atoms with E-state index in [-0.39, 0.29) is 17.7 Å². The van der Waals surface area contributed by atoms with Crippen molar-refractivity contribution < 1.29 is 9.59 Å². The Morgan fingerprint density at radius 3 is 1.59 bits per heavy atom. The number of rotatable bonds is 23. The third-order valence-electron chi connectivity index (χ3n) is 7.73. The summed E-state index contributed by atoms with van der Waals surface area (Å²) in [5.41, 5.74) is 2.59. The summed E-state index contributed by atoms with van der Waals surface area (Å²) in [6.45, 7) is 4.27. The molecule has 2 rings (SSSR count). The molecule has 0 radical (unpaired) electrons. The Kier molecular flexibility index (Phi) is 17.1. The Labute approximate surface area is 228 Å². The number of aryl methyl sites for hydroxylation is 1. The van der Waals surface area contributed by atoms with Crippen LogP contribution in [0.3, 0.4) is 0 Å². The molecule has 1 aromatic carbocycles. The summed E-state index contributed by atoms with van der Waals surface area (Å²) in [6, 6.07) is 5.75. The van der Waals surface area contributed by atoms with Gasteiger partial charge < -0.3 is 10.6 Å². The van der Waals surface area contributed by atoms with Crippen molar-refractivity contribution in [3.8, 4) is 0 Å². The Bertz CT molecular complexity index is 757. The standard InChI is InChI=1S/C33H56N2O2/c1-3-4-5-6-7-8-9-10-11-12-13-14-15-16-17-18-19-20-21-22-32(36)34-30-26-23-28(2)31(27-30)35-33(37)29-24-25-29/h23,26-27,29H,3-22,24-25H2,1-2H3,(H,34,36)(H,35,37). The van der Waals surface area contributed by atoms with Crippen LogP contribution in [0.2, 0.25) is 0 Å². The molecule has 210 valence electrons. The van der Waals surface area contributed by atoms with Gasteiger partial charge in [-0.1, -0.05) is 129 Å². The van der Waals surface area contributed by atoms with Gasteiger partial charge in [0.15, 0.2) is 0 Å². The topological polar surface area (TPSA) is 58.2 Å². The quantitative estimate of drug-likeness (QED) is 0.143. The van der Waals surface area contributed by atoms with Crippen LogP contribution in [0, 0.1) is 12.8 Å². The van der Waals surface area contributed by atoms with Gasteiger partial charge in [0.05, 0.1) is 0 Å². The second kappa shape index (κ2) is 20.2. The molecule has 37 heavy (non-hydrogen) atoms. The highest BCUT2D eigenvalue weighted by Gasteiger charge is 2.29. The lowest BCUT2D eigenvalue weighted by molar-refractivity contribution is -0.117. The molecule has 1 aromatic rings. The average Bonchev–Trinajstić information content (AvgIpc) is 3.73. The van der Waals surface area contributed by atoms with E-state index in [1.54, 1.807) is 0 Å². The molecule has 0 heterocycles. The lowest BCUT2D eigenvalue weighted by Crippen LogP contribution is -2.15. The molecule has 0 aromatic heterocycles. The first-order chi connectivity index (χ1) is 18.1. The summed E-state index contributed by atoms with van der Waals surface area (Å²) < 4.78 is 0. The zero-order valence-corrected chi connectivity index (χ0v) is 24.2. The molecule has 0 aliphatic heterocycles. The smallest absolute Gasteiger partial charge is 0.227 e. The number of benzene rings is 1. The zero-order valence-electron chi connectivity index (χ0n) is 24.2. The summed E-state index contributed by atoms with van der Waals surface area (Å²) >= 11 is 0. The molecule has 1 saturated carbocycles. The minimum atomic E-state index is 0.0651. The van der Waals surface area contributed by atoms with Crippen molar-refractivity contribution in [2.24, 2.45) is 5.92 Å². The van der Waals surface area contributed by atoms with Crippen LogP contribution < -0.4 is 10.6 Å². The van der Waals surface area contributed by atoms with Crippen LogP contribution >= 0.6 is 0 Å². The van der Waals surface area contributed by atoms with Crippen molar-refractivity contribution in [3.05, 3.63) is 23.8 Å². The largest absolute Gasteiger partial charge is 0.326 e. The van der Waals surface area contributed by atoms with E-state index in [1.165, 1.54) is 109 Å². The van der Waals surface area contributed by atoms with Gasteiger partial charge in [0.2, 0.25) is 11.8 Å². The SMILES string of the molecule is CCCCCCCCCCCCCCCCCCCCCC(=O)Nc1ccc(C)c(NC(=O)C2CC2)c1. The zero-order chi connectivity index (χ0) is 26.6. The predicted octanol–water partition coefficient (Wildman–Crippen LogP) is 10.1. The fraction of sp³-hybridized carbons (Fsp3) is 0.758. The molecule has 4 nitrogen and oxygen atoms in total. The number of unbranched alkanes of at least 4 members (excludes halogenated alkanes) is 18. The molecule has 2 N–H and O–H groups in total. The van der Waals surface area contributed by atoms with Crippen molar-refractivity contribution in [2.45, 2.75) is 155 Å². The summed E-state index contributed by atoms with van der Waals surface area (Å²) in [5.74, 6) is 0.336. The monoisotopic (exact) mass is 512 g/mol. The van der Waals surface area contributed by atoms with Crippen molar-refractivity contribution in [1.82, 2.24) is 0 Å². The molecule has 0 atom stereocenters. The van der Waals surface area contributed by atoms with E-state index in [9.17, 15) is 9.59 Å². The highest BCUT2D eigenvalue weighted by molar-refractivity contribution is 5.96. The molecule has 0 saturated heterocycles. The number of anilines is 2. The fourth-order valence-electron chi connectivity index (χ4n) is 5.00. The van der Waals surface area contributed by atoms with Gasteiger partial charge in [-0.25, -0.2) is 0 Å². The number of carbonyl (C=O) groups excluding carboxylic acids is 2. The lowest BCUT2D eigenvalue weighted by atomic mass is 10.0. The van der Waals surface area contributed by atoms with Crippen LogP contribution in [0.5, 0.6) is 0 Å². The highest BCUT2D eigenvalue weighted by Crippen LogP contribution is 2.31. The average molecular weight is 513 g/mol. The van der Waals surface area contributed by atoms with Crippen molar-refractivity contribution in [2.75, 3.05) is 10.6 Å². The minimum absolute atomic E-state index is 0.0651. The van der Waals surface area contributed by atoms with Crippen LogP contribution in [0.15, 0.2) is 18.2 Å². The van der Waals surface area contributed by atoms with Gasteiger partial charge in [0.25, 0.3) is 0 Å². The third-order valence-corrected chi connectivity index (χ3v) is 7.73. The van der Waals surface area contributed by atoms with E-state index in [4.69, 9.17) is 0 Å². The summed E-state index contributed by atoms with van der Waals surface area (Å²) in [6.07, 6.45) is 28.3. The Balaban J connectivity index is 1.36. The number of carbonyl (C=O) groups is 2. The van der Waals surface area contributed by atoms with Crippen LogP contribution in [0.1, 0.15) is 154 Å². The number of amides is 2. The first kappa shape index (κ1) is 31.4. The second-order valence-electron chi connectivity index (χ2n) is 11.5. The van der Waals surface area contributed by atoms with Gasteiger partial charge in [0.1, 0.15) is 0 Å². The Morgan fingerprint density at radius 2 is 1.14 bits per heavy atom. The number of hydrogen-bond donors (Lipinski definition) is 2. The van der Waals surface area contributed by atoms with Gasteiger partial charge in [0, 0.05) is 23.7 Å². The molecule has 0 spiro atoms. The molecular formula is C33H56N2O2. The maximum atomic E-state index is 12.3. The predicted molar refractivity (Wildman–Crippen MR) is 159 cm³/mol. The van der Waals surface area contributed by atoms with E-state index in [1.807, 2.05) is 25.1 Å². The van der Waals surface area contributed by atoms with Gasteiger partial charge in [-0.2, -0.15) is 0 Å². The Hall–Kier alpha value is -1.84. The first-order valence-corrected chi connectivity index (χ1v) is 15.8. The van der Waals surface area contributed by atoms with Gasteiger partial charge in [-0.05, 0) is 43.9 Å². The summed E-state index contributed by atoms with van der Waals surface area (Å²) in [4.78, 5) is 24.4. The van der Waals surface area contributed by atoms with E-state index in [2.05, 4.69) is 17.6 Å². The normalized spacial score (nSPS) is 13.0. The highest BCUT2D eigenvalue weighted by atomic mass is 16.2. The van der Waals surface area contributed by atoms with Crippen LogP contribution in [-0.4, -0.2) is 11.8 Å². The van der Waals surface area contributed by atoms with E-state index < -0.39 is 0 Å². The first-order valence-electron chi connectivity index (χ1n) is 15.8.